The molecule has 0 unspecified atom stereocenters. The Hall–Kier alpha value is -1.09. The zero-order valence-corrected chi connectivity index (χ0v) is 10.1. The number of pyridine rings is 1. The molecule has 1 aromatic rings. The van der Waals surface area contributed by atoms with Crippen LogP contribution in [0.15, 0.2) is 12.3 Å². The SMILES string of the molecule is CCN(CC)c1ncc([C@@H](C)N)cc1C. The fourth-order valence-corrected chi connectivity index (χ4v) is 1.69. The molecular weight excluding hydrogens is 186 g/mol. The molecule has 0 aliphatic carbocycles. The third-order valence-electron chi connectivity index (χ3n) is 2.66. The van der Waals surface area contributed by atoms with E-state index in [1.54, 1.807) is 0 Å². The van der Waals surface area contributed by atoms with E-state index in [0.29, 0.717) is 0 Å². The average molecular weight is 207 g/mol. The number of anilines is 1. The summed E-state index contributed by atoms with van der Waals surface area (Å²) in [7, 11) is 0. The number of aromatic nitrogens is 1. The second-order valence-corrected chi connectivity index (χ2v) is 3.87. The van der Waals surface area contributed by atoms with Gasteiger partial charge < -0.3 is 10.6 Å². The fourth-order valence-electron chi connectivity index (χ4n) is 1.69. The summed E-state index contributed by atoms with van der Waals surface area (Å²) in [6.07, 6.45) is 1.88. The number of aryl methyl sites for hydroxylation is 1. The van der Waals surface area contributed by atoms with Crippen LogP contribution in [0.3, 0.4) is 0 Å². The topological polar surface area (TPSA) is 42.2 Å². The van der Waals surface area contributed by atoms with Gasteiger partial charge in [-0.25, -0.2) is 4.98 Å². The smallest absolute Gasteiger partial charge is 0.131 e. The largest absolute Gasteiger partial charge is 0.357 e. The minimum absolute atomic E-state index is 0.0574. The van der Waals surface area contributed by atoms with Crippen molar-refractivity contribution < 1.29 is 0 Å². The van der Waals surface area contributed by atoms with Crippen LogP contribution in [-0.2, 0) is 0 Å². The minimum Gasteiger partial charge on any atom is -0.357 e. The predicted octanol–water partition coefficient (Wildman–Crippen LogP) is 2.26. The van der Waals surface area contributed by atoms with Crippen LogP contribution in [-0.4, -0.2) is 18.1 Å². The summed E-state index contributed by atoms with van der Waals surface area (Å²) in [5, 5.41) is 0. The van der Waals surface area contributed by atoms with Gasteiger partial charge in [0.25, 0.3) is 0 Å². The van der Waals surface area contributed by atoms with E-state index >= 15 is 0 Å². The molecule has 0 spiro atoms. The van der Waals surface area contributed by atoms with E-state index in [0.717, 1.165) is 24.5 Å². The molecule has 1 heterocycles. The standard InChI is InChI=1S/C12H21N3/c1-5-15(6-2)12-9(3)7-11(8-14-12)10(4)13/h7-8,10H,5-6,13H2,1-4H3/t10-/m1/s1. The van der Waals surface area contributed by atoms with E-state index in [4.69, 9.17) is 5.73 Å². The summed E-state index contributed by atoms with van der Waals surface area (Å²) in [6, 6.07) is 2.19. The molecule has 0 aliphatic rings. The minimum atomic E-state index is 0.0574. The molecule has 1 aromatic heterocycles. The Morgan fingerprint density at radius 1 is 1.40 bits per heavy atom. The number of hydrogen-bond donors (Lipinski definition) is 1. The molecule has 0 saturated heterocycles. The summed E-state index contributed by atoms with van der Waals surface area (Å²) in [4.78, 5) is 6.74. The molecule has 0 aromatic carbocycles. The van der Waals surface area contributed by atoms with Crippen LogP contribution in [0.2, 0.25) is 0 Å². The molecule has 3 nitrogen and oxygen atoms in total. The predicted molar refractivity (Wildman–Crippen MR) is 65.1 cm³/mol. The van der Waals surface area contributed by atoms with Gasteiger partial charge in [0.05, 0.1) is 0 Å². The average Bonchev–Trinajstić information content (AvgIpc) is 2.21. The van der Waals surface area contributed by atoms with E-state index in [1.807, 2.05) is 13.1 Å². The molecule has 0 saturated carbocycles. The molecular formula is C12H21N3. The van der Waals surface area contributed by atoms with Crippen LogP contribution in [0.25, 0.3) is 0 Å². The summed E-state index contributed by atoms with van der Waals surface area (Å²) >= 11 is 0. The van der Waals surface area contributed by atoms with E-state index in [2.05, 4.69) is 36.7 Å². The first-order valence-electron chi connectivity index (χ1n) is 5.57. The van der Waals surface area contributed by atoms with Crippen LogP contribution in [0, 0.1) is 6.92 Å². The van der Waals surface area contributed by atoms with Crippen molar-refractivity contribution in [3.63, 3.8) is 0 Å². The summed E-state index contributed by atoms with van der Waals surface area (Å²) < 4.78 is 0. The highest BCUT2D eigenvalue weighted by Gasteiger charge is 2.08. The van der Waals surface area contributed by atoms with Crippen molar-refractivity contribution in [1.29, 1.82) is 0 Å². The third kappa shape index (κ3) is 2.69. The lowest BCUT2D eigenvalue weighted by Gasteiger charge is -2.22. The van der Waals surface area contributed by atoms with Crippen molar-refractivity contribution in [3.05, 3.63) is 23.4 Å². The maximum absolute atomic E-state index is 5.82. The van der Waals surface area contributed by atoms with Crippen LogP contribution >= 0.6 is 0 Å². The third-order valence-corrected chi connectivity index (χ3v) is 2.66. The number of nitrogens with zero attached hydrogens (tertiary/aromatic N) is 2. The van der Waals surface area contributed by atoms with Crippen molar-refractivity contribution in [2.45, 2.75) is 33.7 Å². The van der Waals surface area contributed by atoms with Crippen molar-refractivity contribution in [2.24, 2.45) is 5.73 Å². The quantitative estimate of drug-likeness (QED) is 0.823. The van der Waals surface area contributed by atoms with Crippen molar-refractivity contribution >= 4 is 5.82 Å². The number of hydrogen-bond acceptors (Lipinski definition) is 3. The van der Waals surface area contributed by atoms with Gasteiger partial charge in [-0.2, -0.15) is 0 Å². The number of nitrogens with two attached hydrogens (primary N) is 1. The molecule has 15 heavy (non-hydrogen) atoms. The first kappa shape index (κ1) is 12.0. The monoisotopic (exact) mass is 207 g/mol. The zero-order chi connectivity index (χ0) is 11.4. The zero-order valence-electron chi connectivity index (χ0n) is 10.1. The molecule has 0 aliphatic heterocycles. The number of rotatable bonds is 4. The lowest BCUT2D eigenvalue weighted by atomic mass is 10.1. The lowest BCUT2D eigenvalue weighted by Crippen LogP contribution is -2.24. The van der Waals surface area contributed by atoms with E-state index in [9.17, 15) is 0 Å². The molecule has 0 amide bonds. The van der Waals surface area contributed by atoms with Crippen molar-refractivity contribution in [3.8, 4) is 0 Å². The van der Waals surface area contributed by atoms with Gasteiger partial charge in [-0.05, 0) is 44.9 Å². The van der Waals surface area contributed by atoms with Crippen LogP contribution in [0.5, 0.6) is 0 Å². The van der Waals surface area contributed by atoms with Gasteiger partial charge in [0.2, 0.25) is 0 Å². The van der Waals surface area contributed by atoms with Crippen LogP contribution in [0.1, 0.15) is 37.9 Å². The Kier molecular flexibility index (Phi) is 4.09. The molecule has 0 fully saturated rings. The molecule has 0 bridgehead atoms. The van der Waals surface area contributed by atoms with Gasteiger partial charge in [-0.3, -0.25) is 0 Å². The lowest BCUT2D eigenvalue weighted by molar-refractivity contribution is 0.797. The van der Waals surface area contributed by atoms with E-state index in [1.165, 1.54) is 5.56 Å². The Labute approximate surface area is 92.3 Å². The molecule has 1 atom stereocenters. The van der Waals surface area contributed by atoms with Gasteiger partial charge in [0, 0.05) is 25.3 Å². The van der Waals surface area contributed by atoms with Gasteiger partial charge in [0.15, 0.2) is 0 Å². The summed E-state index contributed by atoms with van der Waals surface area (Å²) in [5.41, 5.74) is 8.12. The molecule has 2 N–H and O–H groups in total. The fraction of sp³-hybridized carbons (Fsp3) is 0.583. The van der Waals surface area contributed by atoms with Crippen molar-refractivity contribution in [1.82, 2.24) is 4.98 Å². The normalized spacial score (nSPS) is 12.6. The van der Waals surface area contributed by atoms with E-state index in [-0.39, 0.29) is 6.04 Å². The highest BCUT2D eigenvalue weighted by atomic mass is 15.2. The Balaban J connectivity index is 3.02. The first-order chi connectivity index (χ1) is 7.10. The summed E-state index contributed by atoms with van der Waals surface area (Å²) in [5.74, 6) is 1.07. The second-order valence-electron chi connectivity index (χ2n) is 3.87. The van der Waals surface area contributed by atoms with Gasteiger partial charge in [-0.15, -0.1) is 0 Å². The second kappa shape index (κ2) is 5.12. The molecule has 84 valence electrons. The van der Waals surface area contributed by atoms with Gasteiger partial charge in [0.1, 0.15) is 5.82 Å². The van der Waals surface area contributed by atoms with Gasteiger partial charge >= 0.3 is 0 Å². The Morgan fingerprint density at radius 2 is 2.00 bits per heavy atom. The highest BCUT2D eigenvalue weighted by molar-refractivity contribution is 5.47. The first-order valence-corrected chi connectivity index (χ1v) is 5.57. The van der Waals surface area contributed by atoms with E-state index < -0.39 is 0 Å². The van der Waals surface area contributed by atoms with Crippen LogP contribution < -0.4 is 10.6 Å². The Bertz CT molecular complexity index is 317. The van der Waals surface area contributed by atoms with Crippen molar-refractivity contribution in [2.75, 3.05) is 18.0 Å². The maximum Gasteiger partial charge on any atom is 0.131 e. The molecule has 0 radical (unpaired) electrons. The van der Waals surface area contributed by atoms with Crippen LogP contribution in [0.4, 0.5) is 5.82 Å². The molecule has 3 heteroatoms. The highest BCUT2D eigenvalue weighted by Crippen LogP contribution is 2.19. The van der Waals surface area contributed by atoms with Gasteiger partial charge in [-0.1, -0.05) is 0 Å². The maximum atomic E-state index is 5.82. The Morgan fingerprint density at radius 3 is 2.40 bits per heavy atom. The summed E-state index contributed by atoms with van der Waals surface area (Å²) in [6.45, 7) is 10.3. The molecule has 1 rings (SSSR count).